The van der Waals surface area contributed by atoms with E-state index in [1.807, 2.05) is 0 Å². The summed E-state index contributed by atoms with van der Waals surface area (Å²) in [5.74, 6) is 0.347. The van der Waals surface area contributed by atoms with Gasteiger partial charge in [0.15, 0.2) is 5.96 Å². The van der Waals surface area contributed by atoms with Crippen molar-refractivity contribution in [3.05, 3.63) is 34.9 Å². The van der Waals surface area contributed by atoms with Crippen molar-refractivity contribution in [3.63, 3.8) is 0 Å². The van der Waals surface area contributed by atoms with E-state index in [1.54, 1.807) is 0 Å². The fourth-order valence-corrected chi connectivity index (χ4v) is 2.49. The second kappa shape index (κ2) is 5.93. The third-order valence-electron chi connectivity index (χ3n) is 3.28. The van der Waals surface area contributed by atoms with Gasteiger partial charge < -0.3 is 16.8 Å². The zero-order valence-corrected chi connectivity index (χ0v) is 11.9. The van der Waals surface area contributed by atoms with Crippen LogP contribution in [0, 0.1) is 18.3 Å². The molecule has 0 heterocycles. The SMILES string of the molecule is Cc1ccc2c(c1)[C@H](NC(=N)N=C(N)N)[C@@H](C)C2.Cl. The van der Waals surface area contributed by atoms with Crippen LogP contribution in [-0.2, 0) is 6.42 Å². The van der Waals surface area contributed by atoms with Crippen LogP contribution < -0.4 is 16.8 Å². The fraction of sp³-hybridized carbons (Fsp3) is 0.385. The maximum absolute atomic E-state index is 7.71. The normalized spacial score (nSPS) is 20.1. The standard InChI is InChI=1S/C13H19N5.ClH/c1-7-3-4-9-6-8(2)11(10(9)5-7)17-13(16)18-12(14)15;/h3-5,8,11H,6H2,1-2H3,(H6,14,15,16,17,18);1H/t8-,11+;/m0./s1. The first-order chi connectivity index (χ1) is 8.47. The molecule has 2 atom stereocenters. The molecule has 1 aliphatic rings. The Morgan fingerprint density at radius 2 is 2.11 bits per heavy atom. The van der Waals surface area contributed by atoms with Gasteiger partial charge in [0.05, 0.1) is 6.04 Å². The van der Waals surface area contributed by atoms with Gasteiger partial charge in [-0.1, -0.05) is 30.7 Å². The number of nitrogens with one attached hydrogen (secondary N) is 2. The van der Waals surface area contributed by atoms with Crippen LogP contribution in [-0.4, -0.2) is 11.9 Å². The van der Waals surface area contributed by atoms with E-state index >= 15 is 0 Å². The molecule has 0 bridgehead atoms. The first kappa shape index (κ1) is 15.3. The highest BCUT2D eigenvalue weighted by molar-refractivity contribution is 5.91. The molecule has 0 radical (unpaired) electrons. The Kier molecular flexibility index (Phi) is 4.78. The smallest absolute Gasteiger partial charge is 0.218 e. The molecule has 1 aromatic carbocycles. The summed E-state index contributed by atoms with van der Waals surface area (Å²) in [5, 5.41) is 10.8. The summed E-state index contributed by atoms with van der Waals surface area (Å²) in [4.78, 5) is 3.72. The second-order valence-electron chi connectivity index (χ2n) is 4.89. The van der Waals surface area contributed by atoms with Crippen LogP contribution in [0.3, 0.4) is 0 Å². The van der Waals surface area contributed by atoms with Crippen LogP contribution in [0.2, 0.25) is 0 Å². The minimum absolute atomic E-state index is 0. The maximum Gasteiger partial charge on any atom is 0.218 e. The van der Waals surface area contributed by atoms with Crippen LogP contribution >= 0.6 is 12.4 Å². The van der Waals surface area contributed by atoms with Gasteiger partial charge in [0.1, 0.15) is 0 Å². The number of nitrogens with zero attached hydrogens (tertiary/aromatic N) is 1. The summed E-state index contributed by atoms with van der Waals surface area (Å²) in [6, 6.07) is 6.55. The van der Waals surface area contributed by atoms with Crippen LogP contribution in [0.15, 0.2) is 23.2 Å². The maximum atomic E-state index is 7.71. The van der Waals surface area contributed by atoms with Gasteiger partial charge in [-0.25, -0.2) is 0 Å². The fourth-order valence-electron chi connectivity index (χ4n) is 2.49. The molecule has 5 nitrogen and oxygen atoms in total. The lowest BCUT2D eigenvalue weighted by Gasteiger charge is -2.18. The van der Waals surface area contributed by atoms with E-state index in [0.29, 0.717) is 5.92 Å². The highest BCUT2D eigenvalue weighted by Gasteiger charge is 2.29. The Morgan fingerprint density at radius 3 is 2.74 bits per heavy atom. The topological polar surface area (TPSA) is 100 Å². The van der Waals surface area contributed by atoms with Gasteiger partial charge in [-0.05, 0) is 30.4 Å². The van der Waals surface area contributed by atoms with Crippen LogP contribution in [0.25, 0.3) is 0 Å². The molecule has 6 heteroatoms. The molecule has 0 aromatic heterocycles. The van der Waals surface area contributed by atoms with Crippen molar-refractivity contribution in [1.29, 1.82) is 5.41 Å². The van der Waals surface area contributed by atoms with Gasteiger partial charge in [0.2, 0.25) is 5.96 Å². The van der Waals surface area contributed by atoms with Crippen LogP contribution in [0.5, 0.6) is 0 Å². The number of hydrogen-bond donors (Lipinski definition) is 4. The molecular formula is C13H20ClN5. The second-order valence-corrected chi connectivity index (χ2v) is 4.89. The number of aryl methyl sites for hydroxylation is 1. The lowest BCUT2D eigenvalue weighted by molar-refractivity contribution is 0.471. The van der Waals surface area contributed by atoms with E-state index in [2.05, 4.69) is 42.4 Å². The molecule has 0 unspecified atom stereocenters. The lowest BCUT2D eigenvalue weighted by Crippen LogP contribution is -2.32. The molecule has 2 rings (SSSR count). The van der Waals surface area contributed by atoms with E-state index in [4.69, 9.17) is 16.9 Å². The predicted molar refractivity (Wildman–Crippen MR) is 80.7 cm³/mol. The van der Waals surface area contributed by atoms with Gasteiger partial charge >= 0.3 is 0 Å². The highest BCUT2D eigenvalue weighted by atomic mass is 35.5. The van der Waals surface area contributed by atoms with Crippen molar-refractivity contribution in [1.82, 2.24) is 5.32 Å². The molecule has 0 spiro atoms. The van der Waals surface area contributed by atoms with E-state index in [0.717, 1.165) is 6.42 Å². The van der Waals surface area contributed by atoms with Crippen molar-refractivity contribution in [2.45, 2.75) is 26.3 Å². The minimum Gasteiger partial charge on any atom is -0.370 e. The Bertz CT molecular complexity index is 508. The van der Waals surface area contributed by atoms with Crippen molar-refractivity contribution >= 4 is 24.3 Å². The molecule has 1 aromatic rings. The van der Waals surface area contributed by atoms with Crippen molar-refractivity contribution < 1.29 is 0 Å². The summed E-state index contributed by atoms with van der Waals surface area (Å²) in [5.41, 5.74) is 14.3. The van der Waals surface area contributed by atoms with E-state index < -0.39 is 0 Å². The van der Waals surface area contributed by atoms with Gasteiger partial charge in [0.25, 0.3) is 0 Å². The summed E-state index contributed by atoms with van der Waals surface area (Å²) < 4.78 is 0. The summed E-state index contributed by atoms with van der Waals surface area (Å²) in [7, 11) is 0. The van der Waals surface area contributed by atoms with E-state index in [9.17, 15) is 0 Å². The number of rotatable bonds is 1. The highest BCUT2D eigenvalue weighted by Crippen LogP contribution is 2.36. The Morgan fingerprint density at radius 1 is 1.42 bits per heavy atom. The quantitative estimate of drug-likeness (QED) is 0.463. The predicted octanol–water partition coefficient (Wildman–Crippen LogP) is 1.45. The molecule has 0 saturated heterocycles. The number of hydrogen-bond acceptors (Lipinski definition) is 1. The first-order valence-electron chi connectivity index (χ1n) is 6.01. The monoisotopic (exact) mass is 281 g/mol. The van der Waals surface area contributed by atoms with Gasteiger partial charge in [0, 0.05) is 0 Å². The van der Waals surface area contributed by atoms with Crippen molar-refractivity contribution in [2.24, 2.45) is 22.4 Å². The van der Waals surface area contributed by atoms with Gasteiger partial charge in [-0.15, -0.1) is 12.4 Å². The number of guanidine groups is 2. The molecular weight excluding hydrogens is 262 g/mol. The third kappa shape index (κ3) is 3.38. The van der Waals surface area contributed by atoms with Gasteiger partial charge in [-0.3, -0.25) is 5.41 Å². The van der Waals surface area contributed by atoms with Crippen LogP contribution in [0.1, 0.15) is 29.7 Å². The number of benzene rings is 1. The molecule has 0 saturated carbocycles. The van der Waals surface area contributed by atoms with Crippen molar-refractivity contribution in [2.75, 3.05) is 0 Å². The molecule has 19 heavy (non-hydrogen) atoms. The van der Waals surface area contributed by atoms with Crippen molar-refractivity contribution in [3.8, 4) is 0 Å². The number of halogens is 1. The average Bonchev–Trinajstić information content (AvgIpc) is 2.55. The number of aliphatic imine (C=N–C) groups is 1. The Balaban J connectivity index is 0.00000180. The number of nitrogens with two attached hydrogens (primary N) is 2. The number of fused-ring (bicyclic) bond motifs is 1. The lowest BCUT2D eigenvalue weighted by atomic mass is 10.0. The third-order valence-corrected chi connectivity index (χ3v) is 3.28. The van der Waals surface area contributed by atoms with E-state index in [-0.39, 0.29) is 30.4 Å². The molecule has 104 valence electrons. The zero-order valence-electron chi connectivity index (χ0n) is 11.1. The zero-order chi connectivity index (χ0) is 13.3. The molecule has 1 aliphatic carbocycles. The first-order valence-corrected chi connectivity index (χ1v) is 6.01. The summed E-state index contributed by atoms with van der Waals surface area (Å²) in [6.45, 7) is 4.23. The van der Waals surface area contributed by atoms with E-state index in [1.165, 1.54) is 16.7 Å². The minimum atomic E-state index is -0.0948. The van der Waals surface area contributed by atoms with Gasteiger partial charge in [-0.2, -0.15) is 4.99 Å². The molecule has 0 aliphatic heterocycles. The molecule has 0 fully saturated rings. The summed E-state index contributed by atoms with van der Waals surface area (Å²) >= 11 is 0. The average molecular weight is 282 g/mol. The van der Waals surface area contributed by atoms with Crippen LogP contribution in [0.4, 0.5) is 0 Å². The molecule has 0 amide bonds. The molecule has 6 N–H and O–H groups in total. The Labute approximate surface area is 119 Å². The summed E-state index contributed by atoms with van der Waals surface area (Å²) in [6.07, 6.45) is 1.02. The largest absolute Gasteiger partial charge is 0.370 e. The Hall–Kier alpha value is -1.75.